The van der Waals surface area contributed by atoms with Crippen LogP contribution in [0, 0.1) is 0 Å². The molecule has 0 radical (unpaired) electrons. The van der Waals surface area contributed by atoms with Crippen LogP contribution < -0.4 is 5.32 Å². The topological polar surface area (TPSA) is 40.1 Å². The average molecular weight is 432 g/mol. The number of hydrogen-bond donors (Lipinski definition) is 1. The molecule has 0 aliphatic carbocycles. The number of guanidine groups is 1. The minimum absolute atomic E-state index is 0. The summed E-state index contributed by atoms with van der Waals surface area (Å²) in [5.41, 5.74) is 1.23. The van der Waals surface area contributed by atoms with Crippen molar-refractivity contribution in [3.8, 4) is 0 Å². The molecule has 23 heavy (non-hydrogen) atoms. The van der Waals surface area contributed by atoms with E-state index in [2.05, 4.69) is 39.5 Å². The molecular formula is C17H29IN4O. The number of morpholine rings is 1. The van der Waals surface area contributed by atoms with Gasteiger partial charge in [-0.25, -0.2) is 4.99 Å². The summed E-state index contributed by atoms with van der Waals surface area (Å²) in [6.07, 6.45) is 1.12. The normalized spacial score (nSPS) is 15.8. The molecule has 0 saturated carbocycles. The number of benzene rings is 1. The predicted octanol–water partition coefficient (Wildman–Crippen LogP) is 2.03. The van der Waals surface area contributed by atoms with Crippen LogP contribution in [0.2, 0.25) is 0 Å². The minimum Gasteiger partial charge on any atom is -0.379 e. The zero-order valence-corrected chi connectivity index (χ0v) is 16.5. The van der Waals surface area contributed by atoms with Crippen molar-refractivity contribution < 1.29 is 4.74 Å². The number of halogens is 1. The van der Waals surface area contributed by atoms with Gasteiger partial charge in [-0.05, 0) is 18.5 Å². The fraction of sp³-hybridized carbons (Fsp3) is 0.588. The summed E-state index contributed by atoms with van der Waals surface area (Å²) < 4.78 is 5.37. The summed E-state index contributed by atoms with van der Waals surface area (Å²) in [6, 6.07) is 10.3. The number of hydrogen-bond acceptors (Lipinski definition) is 3. The third kappa shape index (κ3) is 7.99. The van der Waals surface area contributed by atoms with Gasteiger partial charge in [-0.1, -0.05) is 30.3 Å². The molecule has 0 bridgehead atoms. The second-order valence-corrected chi connectivity index (χ2v) is 5.75. The molecule has 1 N–H and O–H groups in total. The highest BCUT2D eigenvalue weighted by atomic mass is 127. The monoisotopic (exact) mass is 432 g/mol. The summed E-state index contributed by atoms with van der Waals surface area (Å²) in [5, 5.41) is 3.45. The largest absolute Gasteiger partial charge is 0.379 e. The van der Waals surface area contributed by atoms with Crippen LogP contribution in [0.25, 0.3) is 0 Å². The maximum Gasteiger partial charge on any atom is 0.193 e. The van der Waals surface area contributed by atoms with Gasteiger partial charge in [-0.2, -0.15) is 0 Å². The number of aliphatic imine (C=N–C) groups is 1. The van der Waals surface area contributed by atoms with E-state index in [1.54, 1.807) is 0 Å². The zero-order valence-electron chi connectivity index (χ0n) is 14.2. The third-order valence-electron chi connectivity index (χ3n) is 3.72. The van der Waals surface area contributed by atoms with Gasteiger partial charge >= 0.3 is 0 Å². The van der Waals surface area contributed by atoms with E-state index in [9.17, 15) is 0 Å². The second-order valence-electron chi connectivity index (χ2n) is 5.75. The molecule has 1 heterocycles. The third-order valence-corrected chi connectivity index (χ3v) is 3.72. The van der Waals surface area contributed by atoms with Crippen molar-refractivity contribution >= 4 is 29.9 Å². The summed E-state index contributed by atoms with van der Waals surface area (Å²) in [4.78, 5) is 9.17. The Balaban J connectivity index is 0.00000264. The van der Waals surface area contributed by atoms with Crippen molar-refractivity contribution in [1.82, 2.24) is 15.1 Å². The molecule has 0 amide bonds. The molecule has 2 rings (SSSR count). The minimum atomic E-state index is 0. The highest BCUT2D eigenvalue weighted by Crippen LogP contribution is 2.01. The number of nitrogens with zero attached hydrogens (tertiary/aromatic N) is 3. The molecule has 6 heteroatoms. The molecule has 0 unspecified atom stereocenters. The van der Waals surface area contributed by atoms with Gasteiger partial charge in [-0.3, -0.25) is 4.90 Å². The van der Waals surface area contributed by atoms with Crippen molar-refractivity contribution in [2.45, 2.75) is 13.0 Å². The van der Waals surface area contributed by atoms with E-state index in [0.29, 0.717) is 6.54 Å². The molecule has 0 aromatic heterocycles. The summed E-state index contributed by atoms with van der Waals surface area (Å²) in [7, 11) is 4.05. The van der Waals surface area contributed by atoms with Gasteiger partial charge in [0.05, 0.1) is 19.8 Å². The summed E-state index contributed by atoms with van der Waals surface area (Å²) in [6.45, 7) is 6.64. The Morgan fingerprint density at radius 2 is 1.91 bits per heavy atom. The van der Waals surface area contributed by atoms with E-state index in [0.717, 1.165) is 51.8 Å². The van der Waals surface area contributed by atoms with Gasteiger partial charge in [0.1, 0.15) is 0 Å². The van der Waals surface area contributed by atoms with Crippen LogP contribution in [0.15, 0.2) is 35.3 Å². The summed E-state index contributed by atoms with van der Waals surface area (Å²) >= 11 is 0. The number of ether oxygens (including phenoxy) is 1. The van der Waals surface area contributed by atoms with Crippen LogP contribution in [0.1, 0.15) is 12.0 Å². The van der Waals surface area contributed by atoms with E-state index < -0.39 is 0 Å². The van der Waals surface area contributed by atoms with Crippen molar-refractivity contribution in [3.05, 3.63) is 35.9 Å². The van der Waals surface area contributed by atoms with Gasteiger partial charge in [0.25, 0.3) is 0 Å². The standard InChI is InChI=1S/C17H28N4O.HI/c1-20(2)17(19-15-16-7-4-3-5-8-16)18-9-6-10-21-11-13-22-14-12-21;/h3-5,7-8H,6,9-15H2,1-2H3,(H,18,19);1H. The van der Waals surface area contributed by atoms with Gasteiger partial charge in [0, 0.05) is 33.7 Å². The molecule has 130 valence electrons. The van der Waals surface area contributed by atoms with Gasteiger partial charge in [-0.15, -0.1) is 24.0 Å². The first kappa shape index (κ1) is 20.2. The van der Waals surface area contributed by atoms with Crippen LogP contribution in [0.5, 0.6) is 0 Å². The first-order valence-electron chi connectivity index (χ1n) is 8.05. The molecule has 5 nitrogen and oxygen atoms in total. The molecule has 1 fully saturated rings. The first-order chi connectivity index (χ1) is 10.8. The first-order valence-corrected chi connectivity index (χ1v) is 8.05. The molecule has 0 atom stereocenters. The lowest BCUT2D eigenvalue weighted by atomic mass is 10.2. The van der Waals surface area contributed by atoms with Crippen LogP contribution >= 0.6 is 24.0 Å². The van der Waals surface area contributed by atoms with Crippen molar-refractivity contribution in [2.75, 3.05) is 53.5 Å². The quantitative estimate of drug-likeness (QED) is 0.323. The van der Waals surface area contributed by atoms with Crippen molar-refractivity contribution in [3.63, 3.8) is 0 Å². The smallest absolute Gasteiger partial charge is 0.193 e. The lowest BCUT2D eigenvalue weighted by Crippen LogP contribution is -2.40. The van der Waals surface area contributed by atoms with Gasteiger partial charge < -0.3 is 15.0 Å². The Labute approximate surface area is 157 Å². The van der Waals surface area contributed by atoms with E-state index in [-0.39, 0.29) is 24.0 Å². The lowest BCUT2D eigenvalue weighted by Gasteiger charge is -2.26. The van der Waals surface area contributed by atoms with Crippen LogP contribution in [-0.2, 0) is 11.3 Å². The van der Waals surface area contributed by atoms with E-state index in [1.165, 1.54) is 5.56 Å². The Morgan fingerprint density at radius 3 is 2.57 bits per heavy atom. The van der Waals surface area contributed by atoms with Crippen LogP contribution in [-0.4, -0.2) is 69.2 Å². The Morgan fingerprint density at radius 1 is 1.22 bits per heavy atom. The molecule has 1 aliphatic heterocycles. The van der Waals surface area contributed by atoms with E-state index >= 15 is 0 Å². The number of rotatable bonds is 6. The zero-order chi connectivity index (χ0) is 15.6. The average Bonchev–Trinajstić information content (AvgIpc) is 2.55. The number of nitrogens with one attached hydrogen (secondary N) is 1. The SMILES string of the molecule is CN(C)C(=NCc1ccccc1)NCCCN1CCOCC1.I. The Hall–Kier alpha value is -0.860. The molecular weight excluding hydrogens is 403 g/mol. The highest BCUT2D eigenvalue weighted by molar-refractivity contribution is 14.0. The molecule has 1 aliphatic rings. The summed E-state index contributed by atoms with van der Waals surface area (Å²) in [5.74, 6) is 0.950. The van der Waals surface area contributed by atoms with E-state index in [1.807, 2.05) is 25.1 Å². The highest BCUT2D eigenvalue weighted by Gasteiger charge is 2.09. The van der Waals surface area contributed by atoms with Crippen molar-refractivity contribution in [1.29, 1.82) is 0 Å². The fourth-order valence-corrected chi connectivity index (χ4v) is 2.43. The molecule has 1 aromatic rings. The maximum atomic E-state index is 5.37. The second kappa shape index (κ2) is 11.6. The molecule has 1 aromatic carbocycles. The lowest BCUT2D eigenvalue weighted by molar-refractivity contribution is 0.0376. The molecule has 1 saturated heterocycles. The van der Waals surface area contributed by atoms with Gasteiger partial charge in [0.15, 0.2) is 5.96 Å². The van der Waals surface area contributed by atoms with Crippen LogP contribution in [0.3, 0.4) is 0 Å². The maximum absolute atomic E-state index is 5.37. The predicted molar refractivity (Wildman–Crippen MR) is 107 cm³/mol. The Bertz CT molecular complexity index is 447. The van der Waals surface area contributed by atoms with Crippen molar-refractivity contribution in [2.24, 2.45) is 4.99 Å². The Kier molecular flexibility index (Phi) is 10.2. The molecule has 0 spiro atoms. The van der Waals surface area contributed by atoms with Gasteiger partial charge in [0.2, 0.25) is 0 Å². The van der Waals surface area contributed by atoms with Crippen LogP contribution in [0.4, 0.5) is 0 Å². The van der Waals surface area contributed by atoms with E-state index in [4.69, 9.17) is 4.74 Å². The fourth-order valence-electron chi connectivity index (χ4n) is 2.43.